The molecule has 0 heterocycles. The van der Waals surface area contributed by atoms with Gasteiger partial charge in [-0.15, -0.1) is 0 Å². The zero-order chi connectivity index (χ0) is 16.0. The average molecular weight is 302 g/mol. The molecule has 7 heteroatoms. The van der Waals surface area contributed by atoms with Gasteiger partial charge in [0.25, 0.3) is 0 Å². The van der Waals surface area contributed by atoms with Crippen molar-refractivity contribution in [2.45, 2.75) is 39.3 Å². The Bertz CT molecular complexity index is 527. The summed E-state index contributed by atoms with van der Waals surface area (Å²) in [5.74, 6) is -0.818. The Labute approximate surface area is 120 Å². The number of hydrogen-bond donors (Lipinski definition) is 2. The smallest absolute Gasteiger partial charge is 0.325 e. The molecule has 0 bridgehead atoms. The van der Waals surface area contributed by atoms with Gasteiger partial charge < -0.3 is 10.6 Å². The average Bonchev–Trinajstić information content (AvgIpc) is 2.36. The number of carbonyl (C=O) groups is 2. The van der Waals surface area contributed by atoms with Crippen LogP contribution in [0, 0.1) is 0 Å². The number of carbonyl (C=O) groups excluding carboxylic acids is 2. The first-order valence-corrected chi connectivity index (χ1v) is 6.52. The van der Waals surface area contributed by atoms with Crippen LogP contribution in [0.1, 0.15) is 38.7 Å². The van der Waals surface area contributed by atoms with Crippen molar-refractivity contribution in [3.05, 3.63) is 23.8 Å². The second kappa shape index (κ2) is 7.10. The fourth-order valence-electron chi connectivity index (χ4n) is 1.67. The maximum atomic E-state index is 12.7. The Balaban J connectivity index is 3.04. The molecule has 4 nitrogen and oxygen atoms in total. The molecular weight excluding hydrogens is 285 g/mol. The van der Waals surface area contributed by atoms with Gasteiger partial charge in [0.15, 0.2) is 0 Å². The highest BCUT2D eigenvalue weighted by molar-refractivity contribution is 5.99. The predicted molar refractivity (Wildman–Crippen MR) is 73.9 cm³/mol. The highest BCUT2D eigenvalue weighted by atomic mass is 19.4. The summed E-state index contributed by atoms with van der Waals surface area (Å²) in [5.41, 5.74) is -0.802. The van der Waals surface area contributed by atoms with Crippen molar-refractivity contribution in [2.24, 2.45) is 0 Å². The summed E-state index contributed by atoms with van der Waals surface area (Å²) in [4.78, 5) is 22.7. The van der Waals surface area contributed by atoms with Gasteiger partial charge in [-0.3, -0.25) is 9.59 Å². The molecule has 1 aromatic carbocycles. The minimum Gasteiger partial charge on any atom is -0.325 e. The van der Waals surface area contributed by atoms with Gasteiger partial charge in [-0.2, -0.15) is 13.2 Å². The Morgan fingerprint density at radius 3 is 2.33 bits per heavy atom. The zero-order valence-electron chi connectivity index (χ0n) is 11.8. The number of benzene rings is 1. The topological polar surface area (TPSA) is 58.2 Å². The van der Waals surface area contributed by atoms with Crippen LogP contribution in [0.4, 0.5) is 24.5 Å². The molecule has 0 spiro atoms. The standard InChI is InChI=1S/C14H17F3N2O2/c1-3-4-5-13(21)19-12-8-10(14(15,16)17)6-7-11(12)18-9(2)20/h6-8H,3-5H2,1-2H3,(H,18,20)(H,19,21). The summed E-state index contributed by atoms with van der Waals surface area (Å²) >= 11 is 0. The molecule has 1 rings (SSSR count). The molecule has 2 amide bonds. The van der Waals surface area contributed by atoms with Gasteiger partial charge in [0.05, 0.1) is 16.9 Å². The van der Waals surface area contributed by atoms with Crippen molar-refractivity contribution < 1.29 is 22.8 Å². The van der Waals surface area contributed by atoms with Crippen molar-refractivity contribution in [1.29, 1.82) is 0 Å². The Morgan fingerprint density at radius 2 is 1.81 bits per heavy atom. The van der Waals surface area contributed by atoms with Crippen LogP contribution in [0.2, 0.25) is 0 Å². The zero-order valence-corrected chi connectivity index (χ0v) is 11.8. The molecule has 0 fully saturated rings. The molecule has 0 aliphatic heterocycles. The van der Waals surface area contributed by atoms with Crippen LogP contribution in [-0.2, 0) is 15.8 Å². The molecule has 0 aromatic heterocycles. The van der Waals surface area contributed by atoms with E-state index >= 15 is 0 Å². The molecular formula is C14H17F3N2O2. The van der Waals surface area contributed by atoms with E-state index in [2.05, 4.69) is 10.6 Å². The molecule has 116 valence electrons. The largest absolute Gasteiger partial charge is 0.416 e. The Morgan fingerprint density at radius 1 is 1.14 bits per heavy atom. The lowest BCUT2D eigenvalue weighted by molar-refractivity contribution is -0.137. The third-order valence-corrected chi connectivity index (χ3v) is 2.69. The van der Waals surface area contributed by atoms with E-state index < -0.39 is 17.6 Å². The van der Waals surface area contributed by atoms with Gasteiger partial charge in [-0.25, -0.2) is 0 Å². The molecule has 0 saturated carbocycles. The van der Waals surface area contributed by atoms with E-state index in [1.165, 1.54) is 6.92 Å². The molecule has 0 atom stereocenters. The van der Waals surface area contributed by atoms with Crippen molar-refractivity contribution in [3.63, 3.8) is 0 Å². The Kier molecular flexibility index (Phi) is 5.75. The van der Waals surface area contributed by atoms with Gasteiger partial charge in [0.2, 0.25) is 11.8 Å². The number of hydrogen-bond acceptors (Lipinski definition) is 2. The van der Waals surface area contributed by atoms with E-state index in [4.69, 9.17) is 0 Å². The third kappa shape index (κ3) is 5.45. The number of alkyl halides is 3. The number of nitrogens with one attached hydrogen (secondary N) is 2. The van der Waals surface area contributed by atoms with Crippen LogP contribution in [0.15, 0.2) is 18.2 Å². The minimum absolute atomic E-state index is 0.0545. The van der Waals surface area contributed by atoms with Gasteiger partial charge in [0, 0.05) is 13.3 Å². The summed E-state index contributed by atoms with van der Waals surface area (Å²) in [6.07, 6.45) is -2.86. The maximum Gasteiger partial charge on any atom is 0.416 e. The molecule has 0 saturated heterocycles. The van der Waals surface area contributed by atoms with Crippen molar-refractivity contribution in [2.75, 3.05) is 10.6 Å². The van der Waals surface area contributed by atoms with E-state index in [1.807, 2.05) is 6.92 Å². The lowest BCUT2D eigenvalue weighted by Crippen LogP contribution is -2.16. The molecule has 0 radical (unpaired) electrons. The lowest BCUT2D eigenvalue weighted by Gasteiger charge is -2.14. The Hall–Kier alpha value is -2.05. The van der Waals surface area contributed by atoms with Crippen LogP contribution in [0.5, 0.6) is 0 Å². The second-order valence-electron chi connectivity index (χ2n) is 4.59. The first-order chi connectivity index (χ1) is 9.74. The van der Waals surface area contributed by atoms with E-state index in [0.717, 1.165) is 24.6 Å². The number of amides is 2. The SMILES string of the molecule is CCCCC(=O)Nc1cc(C(F)(F)F)ccc1NC(C)=O. The molecule has 1 aromatic rings. The van der Waals surface area contributed by atoms with Gasteiger partial charge in [-0.1, -0.05) is 13.3 Å². The fraction of sp³-hybridized carbons (Fsp3) is 0.429. The van der Waals surface area contributed by atoms with Crippen LogP contribution in [-0.4, -0.2) is 11.8 Å². The third-order valence-electron chi connectivity index (χ3n) is 2.69. The first kappa shape index (κ1) is 17.0. The monoisotopic (exact) mass is 302 g/mol. The van der Waals surface area contributed by atoms with Gasteiger partial charge in [-0.05, 0) is 24.6 Å². The quantitative estimate of drug-likeness (QED) is 0.869. The lowest BCUT2D eigenvalue weighted by atomic mass is 10.1. The van der Waals surface area contributed by atoms with E-state index in [-0.39, 0.29) is 23.7 Å². The fourth-order valence-corrected chi connectivity index (χ4v) is 1.67. The number of halogens is 3. The number of anilines is 2. The molecule has 0 aliphatic rings. The van der Waals surface area contributed by atoms with Crippen molar-refractivity contribution >= 4 is 23.2 Å². The summed E-state index contributed by atoms with van der Waals surface area (Å²) in [7, 11) is 0. The van der Waals surface area contributed by atoms with Crippen LogP contribution in [0.25, 0.3) is 0 Å². The normalized spacial score (nSPS) is 11.1. The van der Waals surface area contributed by atoms with E-state index in [0.29, 0.717) is 6.42 Å². The first-order valence-electron chi connectivity index (χ1n) is 6.52. The highest BCUT2D eigenvalue weighted by Gasteiger charge is 2.31. The maximum absolute atomic E-state index is 12.7. The van der Waals surface area contributed by atoms with Crippen LogP contribution >= 0.6 is 0 Å². The molecule has 21 heavy (non-hydrogen) atoms. The minimum atomic E-state index is -4.52. The van der Waals surface area contributed by atoms with Crippen molar-refractivity contribution in [1.82, 2.24) is 0 Å². The predicted octanol–water partition coefficient (Wildman–Crippen LogP) is 3.79. The number of rotatable bonds is 5. The van der Waals surface area contributed by atoms with Crippen LogP contribution < -0.4 is 10.6 Å². The molecule has 0 unspecified atom stereocenters. The summed E-state index contributed by atoms with van der Waals surface area (Å²) < 4.78 is 38.1. The summed E-state index contributed by atoms with van der Waals surface area (Å²) in [6, 6.07) is 2.79. The van der Waals surface area contributed by atoms with Crippen molar-refractivity contribution in [3.8, 4) is 0 Å². The highest BCUT2D eigenvalue weighted by Crippen LogP contribution is 2.34. The summed E-state index contributed by atoms with van der Waals surface area (Å²) in [5, 5.41) is 4.80. The van der Waals surface area contributed by atoms with Gasteiger partial charge >= 0.3 is 6.18 Å². The van der Waals surface area contributed by atoms with E-state index in [9.17, 15) is 22.8 Å². The number of unbranched alkanes of at least 4 members (excludes halogenated alkanes) is 1. The second-order valence-corrected chi connectivity index (χ2v) is 4.59. The van der Waals surface area contributed by atoms with E-state index in [1.54, 1.807) is 0 Å². The molecule has 0 aliphatic carbocycles. The molecule has 2 N–H and O–H groups in total. The summed E-state index contributed by atoms with van der Waals surface area (Å²) in [6.45, 7) is 3.14. The van der Waals surface area contributed by atoms with Gasteiger partial charge in [0.1, 0.15) is 0 Å². The van der Waals surface area contributed by atoms with Crippen LogP contribution in [0.3, 0.4) is 0 Å².